The number of benzene rings is 1. The van der Waals surface area contributed by atoms with Crippen LogP contribution in [0, 0.1) is 5.92 Å². The maximum absolute atomic E-state index is 11.7. The molecule has 0 radical (unpaired) electrons. The lowest BCUT2D eigenvalue weighted by atomic mass is 10.1. The number of hydrogen-bond acceptors (Lipinski definition) is 3. The Balaban J connectivity index is 2.55. The Morgan fingerprint density at radius 2 is 2.17 bits per heavy atom. The van der Waals surface area contributed by atoms with Crippen molar-refractivity contribution in [2.24, 2.45) is 5.92 Å². The summed E-state index contributed by atoms with van der Waals surface area (Å²) < 4.78 is 0. The standard InChI is InChI=1S/C12H15ClN2O3/c1-7(4-11(16)17)6-15-12(18)8-2-3-9(13)10(14)5-8/h2-3,5,7H,4,6,14H2,1H3,(H,15,18)(H,16,17). The minimum atomic E-state index is -0.882. The summed E-state index contributed by atoms with van der Waals surface area (Å²) in [5, 5.41) is 11.6. The number of nitrogen functional groups attached to an aromatic ring is 1. The van der Waals surface area contributed by atoms with Crippen molar-refractivity contribution in [2.45, 2.75) is 13.3 Å². The first-order chi connectivity index (χ1) is 8.40. The third-order valence-electron chi connectivity index (χ3n) is 2.39. The molecule has 1 aromatic carbocycles. The number of aliphatic carboxylic acids is 1. The Morgan fingerprint density at radius 1 is 1.50 bits per heavy atom. The van der Waals surface area contributed by atoms with E-state index < -0.39 is 5.97 Å². The van der Waals surface area contributed by atoms with E-state index in [4.69, 9.17) is 22.4 Å². The van der Waals surface area contributed by atoms with Gasteiger partial charge in [-0.25, -0.2) is 0 Å². The highest BCUT2D eigenvalue weighted by Crippen LogP contribution is 2.19. The van der Waals surface area contributed by atoms with Crippen molar-refractivity contribution in [3.8, 4) is 0 Å². The number of carbonyl (C=O) groups is 2. The lowest BCUT2D eigenvalue weighted by Crippen LogP contribution is -2.29. The molecule has 0 saturated heterocycles. The number of nitrogens with two attached hydrogens (primary N) is 1. The molecule has 6 heteroatoms. The van der Waals surface area contributed by atoms with Crippen LogP contribution in [0.15, 0.2) is 18.2 Å². The van der Waals surface area contributed by atoms with Gasteiger partial charge in [0.25, 0.3) is 5.91 Å². The zero-order valence-corrected chi connectivity index (χ0v) is 10.7. The number of carbonyl (C=O) groups excluding carboxylic acids is 1. The first-order valence-electron chi connectivity index (χ1n) is 5.45. The van der Waals surface area contributed by atoms with Crippen LogP contribution in [0.5, 0.6) is 0 Å². The van der Waals surface area contributed by atoms with Crippen molar-refractivity contribution in [2.75, 3.05) is 12.3 Å². The van der Waals surface area contributed by atoms with E-state index in [1.807, 2.05) is 0 Å². The lowest BCUT2D eigenvalue weighted by molar-refractivity contribution is -0.137. The van der Waals surface area contributed by atoms with Gasteiger partial charge in [-0.3, -0.25) is 9.59 Å². The number of anilines is 1. The maximum atomic E-state index is 11.7. The Bertz CT molecular complexity index is 463. The van der Waals surface area contributed by atoms with Crippen LogP contribution < -0.4 is 11.1 Å². The fourth-order valence-corrected chi connectivity index (χ4v) is 1.54. The highest BCUT2D eigenvalue weighted by atomic mass is 35.5. The summed E-state index contributed by atoms with van der Waals surface area (Å²) in [5.74, 6) is -1.31. The van der Waals surface area contributed by atoms with E-state index in [1.165, 1.54) is 6.07 Å². The molecule has 18 heavy (non-hydrogen) atoms. The molecule has 0 aliphatic heterocycles. The molecule has 1 atom stereocenters. The van der Waals surface area contributed by atoms with Gasteiger partial charge in [0.2, 0.25) is 0 Å². The molecule has 0 aliphatic rings. The Morgan fingerprint density at radius 3 is 2.72 bits per heavy atom. The quantitative estimate of drug-likeness (QED) is 0.711. The predicted octanol–water partition coefficient (Wildman–Crippen LogP) is 1.76. The van der Waals surface area contributed by atoms with Gasteiger partial charge in [0.1, 0.15) is 0 Å². The SMILES string of the molecule is CC(CNC(=O)c1ccc(Cl)c(N)c1)CC(=O)O. The molecule has 1 unspecified atom stereocenters. The van der Waals surface area contributed by atoms with Crippen LogP contribution in [0.1, 0.15) is 23.7 Å². The lowest BCUT2D eigenvalue weighted by Gasteiger charge is -2.10. The molecule has 0 saturated carbocycles. The predicted molar refractivity (Wildman–Crippen MR) is 69.6 cm³/mol. The van der Waals surface area contributed by atoms with Gasteiger partial charge in [-0.15, -0.1) is 0 Å². The van der Waals surface area contributed by atoms with Crippen LogP contribution in [0.25, 0.3) is 0 Å². The average Bonchev–Trinajstić information content (AvgIpc) is 2.28. The van der Waals surface area contributed by atoms with E-state index in [9.17, 15) is 9.59 Å². The third kappa shape index (κ3) is 4.25. The van der Waals surface area contributed by atoms with Crippen molar-refractivity contribution in [1.29, 1.82) is 0 Å². The van der Waals surface area contributed by atoms with Crippen LogP contribution in [-0.4, -0.2) is 23.5 Å². The van der Waals surface area contributed by atoms with Gasteiger partial charge in [0.15, 0.2) is 0 Å². The van der Waals surface area contributed by atoms with Crippen LogP contribution in [0.3, 0.4) is 0 Å². The maximum Gasteiger partial charge on any atom is 0.303 e. The minimum absolute atomic E-state index is 0.0169. The van der Waals surface area contributed by atoms with Crippen molar-refractivity contribution >= 4 is 29.2 Å². The monoisotopic (exact) mass is 270 g/mol. The molecule has 98 valence electrons. The second-order valence-electron chi connectivity index (χ2n) is 4.15. The molecule has 0 heterocycles. The fourth-order valence-electron chi connectivity index (χ4n) is 1.42. The topological polar surface area (TPSA) is 92.4 Å². The highest BCUT2D eigenvalue weighted by Gasteiger charge is 2.11. The molecular formula is C12H15ClN2O3. The van der Waals surface area contributed by atoms with Gasteiger partial charge in [0.05, 0.1) is 10.7 Å². The number of carboxylic acids is 1. The molecule has 0 bridgehead atoms. The number of halogens is 1. The fraction of sp³-hybridized carbons (Fsp3) is 0.333. The largest absolute Gasteiger partial charge is 0.481 e. The van der Waals surface area contributed by atoms with E-state index in [1.54, 1.807) is 19.1 Å². The molecule has 0 spiro atoms. The zero-order chi connectivity index (χ0) is 13.7. The smallest absolute Gasteiger partial charge is 0.303 e. The van der Waals surface area contributed by atoms with Crippen LogP contribution >= 0.6 is 11.6 Å². The van der Waals surface area contributed by atoms with Crippen molar-refractivity contribution in [3.63, 3.8) is 0 Å². The van der Waals surface area contributed by atoms with Crippen molar-refractivity contribution < 1.29 is 14.7 Å². The summed E-state index contributed by atoms with van der Waals surface area (Å²) >= 11 is 5.75. The molecule has 5 nitrogen and oxygen atoms in total. The minimum Gasteiger partial charge on any atom is -0.481 e. The molecule has 1 aromatic rings. The summed E-state index contributed by atoms with van der Waals surface area (Å²) in [4.78, 5) is 22.2. The molecule has 4 N–H and O–H groups in total. The number of nitrogens with one attached hydrogen (secondary N) is 1. The van der Waals surface area contributed by atoms with E-state index in [2.05, 4.69) is 5.32 Å². The normalized spacial score (nSPS) is 11.9. The first kappa shape index (κ1) is 14.3. The highest BCUT2D eigenvalue weighted by molar-refractivity contribution is 6.33. The summed E-state index contributed by atoms with van der Waals surface area (Å²) in [7, 11) is 0. The van der Waals surface area contributed by atoms with E-state index in [-0.39, 0.29) is 18.2 Å². The van der Waals surface area contributed by atoms with Gasteiger partial charge in [-0.1, -0.05) is 18.5 Å². The second-order valence-corrected chi connectivity index (χ2v) is 4.56. The zero-order valence-electron chi connectivity index (χ0n) is 9.94. The van der Waals surface area contributed by atoms with Gasteiger partial charge in [-0.05, 0) is 24.1 Å². The van der Waals surface area contributed by atoms with Gasteiger partial charge in [-0.2, -0.15) is 0 Å². The third-order valence-corrected chi connectivity index (χ3v) is 2.74. The van der Waals surface area contributed by atoms with Gasteiger partial charge < -0.3 is 16.2 Å². The Hall–Kier alpha value is -1.75. The second kappa shape index (κ2) is 6.26. The van der Waals surface area contributed by atoms with Crippen molar-refractivity contribution in [1.82, 2.24) is 5.32 Å². The molecule has 0 aliphatic carbocycles. The average molecular weight is 271 g/mol. The first-order valence-corrected chi connectivity index (χ1v) is 5.83. The van der Waals surface area contributed by atoms with E-state index >= 15 is 0 Å². The van der Waals surface area contributed by atoms with Crippen LogP contribution in [-0.2, 0) is 4.79 Å². The van der Waals surface area contributed by atoms with Crippen LogP contribution in [0.2, 0.25) is 5.02 Å². The number of hydrogen-bond donors (Lipinski definition) is 3. The Labute approximate surface area is 110 Å². The number of amides is 1. The summed E-state index contributed by atoms with van der Waals surface area (Å²) in [6.07, 6.45) is 0.0169. The van der Waals surface area contributed by atoms with Crippen LogP contribution in [0.4, 0.5) is 5.69 Å². The van der Waals surface area contributed by atoms with E-state index in [0.717, 1.165) is 0 Å². The number of carboxylic acid groups (broad SMARTS) is 1. The summed E-state index contributed by atoms with van der Waals surface area (Å²) in [6, 6.07) is 4.60. The summed E-state index contributed by atoms with van der Waals surface area (Å²) in [5.41, 5.74) is 6.33. The van der Waals surface area contributed by atoms with Crippen molar-refractivity contribution in [3.05, 3.63) is 28.8 Å². The molecule has 0 fully saturated rings. The molecule has 1 amide bonds. The summed E-state index contributed by atoms with van der Waals surface area (Å²) in [6.45, 7) is 2.05. The Kier molecular flexibility index (Phi) is 4.97. The number of rotatable bonds is 5. The van der Waals surface area contributed by atoms with Gasteiger partial charge in [0, 0.05) is 18.5 Å². The van der Waals surface area contributed by atoms with Gasteiger partial charge >= 0.3 is 5.97 Å². The molecule has 0 aromatic heterocycles. The van der Waals surface area contributed by atoms with E-state index in [0.29, 0.717) is 22.8 Å². The molecular weight excluding hydrogens is 256 g/mol. The molecule has 1 rings (SSSR count).